The van der Waals surface area contributed by atoms with Gasteiger partial charge in [-0.25, -0.2) is 19.1 Å². The number of hydrogen-bond acceptors (Lipinski definition) is 16. The molecule has 42 heavy (non-hydrogen) atoms. The van der Waals surface area contributed by atoms with Crippen molar-refractivity contribution in [3.8, 4) is 0 Å². The zero-order chi connectivity index (χ0) is 32.4. The summed E-state index contributed by atoms with van der Waals surface area (Å²) in [6, 6.07) is -1.85. The van der Waals surface area contributed by atoms with Gasteiger partial charge in [-0.15, -0.1) is 0 Å². The maximum atomic E-state index is 12.0. The molecule has 0 radical (unpaired) electrons. The van der Waals surface area contributed by atoms with Crippen molar-refractivity contribution in [1.82, 2.24) is 4.72 Å². The summed E-state index contributed by atoms with van der Waals surface area (Å²) >= 11 is 0. The summed E-state index contributed by atoms with van der Waals surface area (Å²) in [5.41, 5.74) is -2.16. The topological polar surface area (TPSA) is 293 Å². The van der Waals surface area contributed by atoms with Gasteiger partial charge in [0, 0.05) is 0 Å². The highest BCUT2D eigenvalue weighted by Gasteiger charge is 2.56. The molecule has 2 rings (SSSR count). The molecule has 0 aliphatic carbocycles. The number of carbonyl (C=O) groups is 1. The standard InChI is InChI=1S/C20H37NO19S2/c1-19(2,3)37-13-11(23)14(39-42(30,31)32)18(36-15(13)16(24)25)35-12-8(7-33-40-26)34-17(38-20(4,5)6)9(10(12)22)21-41(27,28)29/h8-15,17-18,21-23,26H,7H2,1-6H3,(H,24,25)(H,27,28,29)(H,30,31,32)/t8?,9?,10-,11+,12+,13-,14?,15?,17+,18+/m0/s1. The van der Waals surface area contributed by atoms with Crippen LogP contribution < -0.4 is 4.72 Å². The number of aliphatic hydroxyl groups is 2. The van der Waals surface area contributed by atoms with E-state index in [1.54, 1.807) is 4.72 Å². The number of hydrogen-bond donors (Lipinski definition) is 7. The molecule has 7 N–H and O–H groups in total. The van der Waals surface area contributed by atoms with E-state index in [1.165, 1.54) is 41.5 Å². The summed E-state index contributed by atoms with van der Waals surface area (Å²) in [5, 5.41) is 44.1. The molecule has 0 aromatic heterocycles. The third-order valence-electron chi connectivity index (χ3n) is 5.49. The molecule has 0 bridgehead atoms. The van der Waals surface area contributed by atoms with E-state index in [1.807, 2.05) is 0 Å². The van der Waals surface area contributed by atoms with Gasteiger partial charge in [-0.05, 0) is 41.5 Å². The summed E-state index contributed by atoms with van der Waals surface area (Å²) < 4.78 is 99.4. The van der Waals surface area contributed by atoms with Gasteiger partial charge in [0.2, 0.25) is 0 Å². The number of carboxylic acid groups (broad SMARTS) is 1. The van der Waals surface area contributed by atoms with E-state index in [-0.39, 0.29) is 0 Å². The molecule has 0 aromatic carbocycles. The smallest absolute Gasteiger partial charge is 0.397 e. The molecule has 2 aliphatic rings. The Hall–Kier alpha value is -1.19. The van der Waals surface area contributed by atoms with Crippen molar-refractivity contribution in [3.63, 3.8) is 0 Å². The van der Waals surface area contributed by atoms with Crippen molar-refractivity contribution in [2.45, 2.75) is 114 Å². The van der Waals surface area contributed by atoms with Gasteiger partial charge in [-0.2, -0.15) is 21.6 Å². The molecule has 0 aromatic rings. The predicted octanol–water partition coefficient (Wildman–Crippen LogP) is -2.00. The first-order valence-corrected chi connectivity index (χ1v) is 15.0. The van der Waals surface area contributed by atoms with Crippen LogP contribution in [-0.4, -0.2) is 132 Å². The van der Waals surface area contributed by atoms with Gasteiger partial charge in [0.25, 0.3) is 0 Å². The SMILES string of the molecule is CC(C)(C)O[C@H]1OC(COOO)[C@@H](O[C@@H]2OC(C(=O)O)[C@@H](OC(C)(C)C)[C@@H](O)C2OS(=O)(=O)O)[C@@H](O)C1NS(=O)(=O)O. The summed E-state index contributed by atoms with van der Waals surface area (Å²) in [6.45, 7) is 8.28. The predicted molar refractivity (Wildman–Crippen MR) is 132 cm³/mol. The van der Waals surface area contributed by atoms with Crippen molar-refractivity contribution in [2.24, 2.45) is 0 Å². The van der Waals surface area contributed by atoms with Gasteiger partial charge in [0.1, 0.15) is 43.2 Å². The van der Waals surface area contributed by atoms with Crippen LogP contribution in [0.4, 0.5) is 0 Å². The molecule has 10 atom stereocenters. The van der Waals surface area contributed by atoms with Gasteiger partial charge in [0.05, 0.1) is 11.2 Å². The molecule has 22 heteroatoms. The van der Waals surface area contributed by atoms with Crippen LogP contribution in [0.15, 0.2) is 0 Å². The fourth-order valence-corrected chi connectivity index (χ4v) is 5.22. The number of aliphatic hydroxyl groups excluding tert-OH is 2. The van der Waals surface area contributed by atoms with Crippen molar-refractivity contribution in [1.29, 1.82) is 0 Å². The van der Waals surface area contributed by atoms with Crippen molar-refractivity contribution in [2.75, 3.05) is 6.61 Å². The number of carboxylic acids is 1. The molecule has 2 fully saturated rings. The lowest BCUT2D eigenvalue weighted by Crippen LogP contribution is -2.69. The minimum atomic E-state index is -5.38. The van der Waals surface area contributed by atoms with E-state index in [4.69, 9.17) is 28.9 Å². The number of ether oxygens (including phenoxy) is 5. The summed E-state index contributed by atoms with van der Waals surface area (Å²) in [5.74, 6) is -1.71. The van der Waals surface area contributed by atoms with E-state index < -0.39 is 106 Å². The van der Waals surface area contributed by atoms with Crippen LogP contribution in [0.3, 0.4) is 0 Å². The van der Waals surface area contributed by atoms with Gasteiger partial charge in [-0.3, -0.25) is 9.11 Å². The highest BCUT2D eigenvalue weighted by Crippen LogP contribution is 2.34. The third kappa shape index (κ3) is 11.1. The van der Waals surface area contributed by atoms with Crippen LogP contribution >= 0.6 is 0 Å². The molecular weight excluding hydrogens is 622 g/mol. The molecule has 20 nitrogen and oxygen atoms in total. The van der Waals surface area contributed by atoms with Crippen molar-refractivity contribution in [3.05, 3.63) is 0 Å². The van der Waals surface area contributed by atoms with E-state index >= 15 is 0 Å². The second-order valence-corrected chi connectivity index (χ2v) is 13.5. The number of rotatable bonds is 12. The Balaban J connectivity index is 2.56. The van der Waals surface area contributed by atoms with Crippen LogP contribution in [-0.2, 0) is 63.3 Å². The van der Waals surface area contributed by atoms with Gasteiger partial charge >= 0.3 is 26.7 Å². The zero-order valence-electron chi connectivity index (χ0n) is 23.3. The van der Waals surface area contributed by atoms with E-state index in [9.17, 15) is 46.1 Å². The minimum absolute atomic E-state index is 0.794. The summed E-state index contributed by atoms with van der Waals surface area (Å²) in [7, 11) is -10.4. The van der Waals surface area contributed by atoms with Crippen LogP contribution in [0, 0.1) is 0 Å². The first-order valence-electron chi connectivity index (χ1n) is 12.2. The van der Waals surface area contributed by atoms with Gasteiger partial charge < -0.3 is 39.0 Å². The lowest BCUT2D eigenvalue weighted by atomic mass is 9.95. The van der Waals surface area contributed by atoms with Crippen LogP contribution in [0.5, 0.6) is 0 Å². The summed E-state index contributed by atoms with van der Waals surface area (Å²) in [4.78, 5) is 16.5. The molecule has 0 saturated carbocycles. The molecule has 248 valence electrons. The molecule has 4 unspecified atom stereocenters. The summed E-state index contributed by atoms with van der Waals surface area (Å²) in [6.07, 6.45) is -17.8. The Morgan fingerprint density at radius 2 is 1.43 bits per heavy atom. The largest absolute Gasteiger partial charge is 0.479 e. The van der Waals surface area contributed by atoms with Gasteiger partial charge in [-0.1, -0.05) is 5.04 Å². The third-order valence-corrected chi connectivity index (χ3v) is 6.53. The fourth-order valence-electron chi connectivity index (χ4n) is 4.14. The molecular formula is C20H37NO19S2. The normalized spacial score (nSPS) is 35.2. The second-order valence-electron chi connectivity index (χ2n) is 11.3. The zero-order valence-corrected chi connectivity index (χ0v) is 24.9. The van der Waals surface area contributed by atoms with E-state index in [2.05, 4.69) is 14.1 Å². The van der Waals surface area contributed by atoms with Gasteiger partial charge in [0.15, 0.2) is 24.8 Å². The second kappa shape index (κ2) is 13.8. The molecule has 2 aliphatic heterocycles. The van der Waals surface area contributed by atoms with Crippen LogP contribution in [0.25, 0.3) is 0 Å². The van der Waals surface area contributed by atoms with Crippen molar-refractivity contribution < 1.29 is 89.1 Å². The molecule has 2 saturated heterocycles. The minimum Gasteiger partial charge on any atom is -0.479 e. The average molecular weight is 660 g/mol. The Morgan fingerprint density at radius 1 is 0.857 bits per heavy atom. The Kier molecular flexibility index (Phi) is 12.2. The Labute approximate surface area is 241 Å². The van der Waals surface area contributed by atoms with Crippen LogP contribution in [0.1, 0.15) is 41.5 Å². The highest BCUT2D eigenvalue weighted by molar-refractivity contribution is 7.83. The van der Waals surface area contributed by atoms with E-state index in [0.717, 1.165) is 0 Å². The maximum Gasteiger partial charge on any atom is 0.397 e. The lowest BCUT2D eigenvalue weighted by molar-refractivity contribution is -0.499. The maximum absolute atomic E-state index is 12.0. The molecule has 0 spiro atoms. The number of aliphatic carboxylic acids is 1. The first-order chi connectivity index (χ1) is 18.9. The lowest BCUT2D eigenvalue weighted by Gasteiger charge is -2.48. The quantitative estimate of drug-likeness (QED) is 0.0677. The average Bonchev–Trinajstić information content (AvgIpc) is 2.77. The Morgan fingerprint density at radius 3 is 1.88 bits per heavy atom. The Bertz CT molecular complexity index is 1120. The first kappa shape index (κ1) is 37.0. The molecule has 0 amide bonds. The fraction of sp³-hybridized carbons (Fsp3) is 0.950. The molecule has 2 heterocycles. The van der Waals surface area contributed by atoms with Crippen molar-refractivity contribution >= 4 is 26.7 Å². The highest BCUT2D eigenvalue weighted by atomic mass is 32.3. The number of nitrogens with one attached hydrogen (secondary N) is 1. The monoisotopic (exact) mass is 659 g/mol. The van der Waals surface area contributed by atoms with E-state index in [0.29, 0.717) is 0 Å². The van der Waals surface area contributed by atoms with Crippen LogP contribution in [0.2, 0.25) is 0 Å².